The van der Waals surface area contributed by atoms with Crippen LogP contribution in [0, 0.1) is 25.2 Å². The second kappa shape index (κ2) is 8.34. The van der Waals surface area contributed by atoms with Crippen LogP contribution in [0.25, 0.3) is 0 Å². The summed E-state index contributed by atoms with van der Waals surface area (Å²) >= 11 is 0. The molecule has 0 aliphatic carbocycles. The molecule has 0 amide bonds. The zero-order chi connectivity index (χ0) is 18.4. The minimum Gasteiger partial charge on any atom is -0.354 e. The predicted molar refractivity (Wildman–Crippen MR) is 100 cm³/mol. The van der Waals surface area contributed by atoms with Gasteiger partial charge in [-0.05, 0) is 50.5 Å². The lowest BCUT2D eigenvalue weighted by atomic mass is 10.1. The van der Waals surface area contributed by atoms with E-state index in [0.29, 0.717) is 12.1 Å². The van der Waals surface area contributed by atoms with Gasteiger partial charge in [-0.1, -0.05) is 12.1 Å². The monoisotopic (exact) mass is 338 g/mol. The Kier molecular flexibility index (Phi) is 6.18. The van der Waals surface area contributed by atoms with Crippen molar-refractivity contribution in [3.05, 3.63) is 52.3 Å². The maximum absolute atomic E-state index is 8.84. The Morgan fingerprint density at radius 1 is 1.32 bits per heavy atom. The van der Waals surface area contributed by atoms with Crippen LogP contribution in [-0.2, 0) is 20.0 Å². The summed E-state index contributed by atoms with van der Waals surface area (Å²) in [6, 6.07) is 9.90. The van der Waals surface area contributed by atoms with E-state index in [0.717, 1.165) is 23.6 Å². The molecule has 132 valence electrons. The molecular weight excluding hydrogens is 312 g/mol. The first-order chi connectivity index (χ1) is 11.9. The van der Waals surface area contributed by atoms with E-state index in [-0.39, 0.29) is 6.04 Å². The van der Waals surface area contributed by atoms with E-state index in [4.69, 9.17) is 5.26 Å². The number of nitriles is 1. The summed E-state index contributed by atoms with van der Waals surface area (Å²) in [5.74, 6) is 0.760. The van der Waals surface area contributed by atoms with Crippen molar-refractivity contribution in [2.24, 2.45) is 12.0 Å². The molecule has 0 bridgehead atoms. The van der Waals surface area contributed by atoms with Gasteiger partial charge in [-0.25, -0.2) is 0 Å². The quantitative estimate of drug-likeness (QED) is 0.647. The number of aryl methyl sites for hydroxylation is 2. The first-order valence-electron chi connectivity index (χ1n) is 8.40. The summed E-state index contributed by atoms with van der Waals surface area (Å²) in [7, 11) is 3.74. The number of aliphatic imine (C=N–C) groups is 1. The van der Waals surface area contributed by atoms with Crippen LogP contribution in [0.5, 0.6) is 0 Å². The van der Waals surface area contributed by atoms with Gasteiger partial charge in [0.25, 0.3) is 0 Å². The molecule has 25 heavy (non-hydrogen) atoms. The largest absolute Gasteiger partial charge is 0.354 e. The van der Waals surface area contributed by atoms with Crippen molar-refractivity contribution in [1.29, 1.82) is 5.26 Å². The number of guanidine groups is 1. The third-order valence-electron chi connectivity index (χ3n) is 4.32. The SMILES string of the molecule is CN=C(NCc1ccc(C#N)cc1)NC(C)Cc1c(C)nn(C)c1C. The molecule has 1 aromatic heterocycles. The van der Waals surface area contributed by atoms with Gasteiger partial charge in [0.05, 0.1) is 17.3 Å². The molecule has 1 aromatic carbocycles. The van der Waals surface area contributed by atoms with E-state index in [1.165, 1.54) is 11.3 Å². The minimum absolute atomic E-state index is 0.230. The molecule has 1 unspecified atom stereocenters. The number of hydrogen-bond acceptors (Lipinski definition) is 3. The Balaban J connectivity index is 1.91. The zero-order valence-corrected chi connectivity index (χ0v) is 15.6. The highest BCUT2D eigenvalue weighted by atomic mass is 15.3. The van der Waals surface area contributed by atoms with Crippen molar-refractivity contribution in [2.75, 3.05) is 7.05 Å². The lowest BCUT2D eigenvalue weighted by Crippen LogP contribution is -2.42. The molecular formula is C19H26N6. The molecule has 0 spiro atoms. The molecule has 2 aromatic rings. The van der Waals surface area contributed by atoms with E-state index >= 15 is 0 Å². The van der Waals surface area contributed by atoms with Crippen LogP contribution in [0.2, 0.25) is 0 Å². The van der Waals surface area contributed by atoms with Crippen LogP contribution < -0.4 is 10.6 Å². The Labute approximate surface area is 149 Å². The van der Waals surface area contributed by atoms with Gasteiger partial charge >= 0.3 is 0 Å². The number of nitrogens with zero attached hydrogens (tertiary/aromatic N) is 4. The van der Waals surface area contributed by atoms with Gasteiger partial charge in [0, 0.05) is 32.4 Å². The van der Waals surface area contributed by atoms with Crippen molar-refractivity contribution < 1.29 is 0 Å². The number of rotatable bonds is 5. The average molecular weight is 338 g/mol. The normalized spacial score (nSPS) is 12.6. The summed E-state index contributed by atoms with van der Waals surface area (Å²) in [5, 5.41) is 20.0. The van der Waals surface area contributed by atoms with Crippen LogP contribution in [0.4, 0.5) is 0 Å². The Bertz CT molecular complexity index is 779. The van der Waals surface area contributed by atoms with Gasteiger partial charge in [0.2, 0.25) is 0 Å². The van der Waals surface area contributed by atoms with E-state index < -0.39 is 0 Å². The fourth-order valence-corrected chi connectivity index (χ4v) is 2.78. The molecule has 6 heteroatoms. The molecule has 0 radical (unpaired) electrons. The second-order valence-electron chi connectivity index (χ2n) is 6.26. The summed E-state index contributed by atoms with van der Waals surface area (Å²) in [5.41, 5.74) is 5.33. The number of aromatic nitrogens is 2. The van der Waals surface area contributed by atoms with Crippen LogP contribution >= 0.6 is 0 Å². The molecule has 1 heterocycles. The summed E-state index contributed by atoms with van der Waals surface area (Å²) < 4.78 is 1.93. The summed E-state index contributed by atoms with van der Waals surface area (Å²) in [4.78, 5) is 4.29. The minimum atomic E-state index is 0.230. The van der Waals surface area contributed by atoms with Crippen molar-refractivity contribution in [3.63, 3.8) is 0 Å². The van der Waals surface area contributed by atoms with Crippen molar-refractivity contribution in [2.45, 2.75) is 39.8 Å². The fourth-order valence-electron chi connectivity index (χ4n) is 2.78. The van der Waals surface area contributed by atoms with Crippen LogP contribution in [0.1, 0.15) is 35.0 Å². The fraction of sp³-hybridized carbons (Fsp3) is 0.421. The second-order valence-corrected chi connectivity index (χ2v) is 6.26. The highest BCUT2D eigenvalue weighted by Crippen LogP contribution is 2.14. The van der Waals surface area contributed by atoms with Gasteiger partial charge < -0.3 is 10.6 Å². The van der Waals surface area contributed by atoms with Crippen LogP contribution in [0.15, 0.2) is 29.3 Å². The molecule has 2 N–H and O–H groups in total. The molecule has 0 fully saturated rings. The maximum atomic E-state index is 8.84. The Hall–Kier alpha value is -2.81. The Morgan fingerprint density at radius 2 is 2.00 bits per heavy atom. The van der Waals surface area contributed by atoms with Gasteiger partial charge in [0.1, 0.15) is 0 Å². The summed E-state index contributed by atoms with van der Waals surface area (Å²) in [6.07, 6.45) is 0.892. The maximum Gasteiger partial charge on any atom is 0.191 e. The van der Waals surface area contributed by atoms with Gasteiger partial charge in [-0.3, -0.25) is 9.67 Å². The van der Waals surface area contributed by atoms with Gasteiger partial charge in [-0.2, -0.15) is 10.4 Å². The standard InChI is InChI=1S/C19H26N6/c1-13(10-18-14(2)24-25(5)15(18)3)23-19(21-4)22-12-17-8-6-16(11-20)7-9-17/h6-9,13H,10,12H2,1-5H3,(H2,21,22,23). The van der Waals surface area contributed by atoms with E-state index in [2.05, 4.69) is 40.6 Å². The topological polar surface area (TPSA) is 78.0 Å². The van der Waals surface area contributed by atoms with E-state index in [1.54, 1.807) is 7.05 Å². The van der Waals surface area contributed by atoms with Crippen molar-refractivity contribution >= 4 is 5.96 Å². The van der Waals surface area contributed by atoms with Crippen LogP contribution in [0.3, 0.4) is 0 Å². The van der Waals surface area contributed by atoms with Crippen molar-refractivity contribution in [3.8, 4) is 6.07 Å². The lowest BCUT2D eigenvalue weighted by molar-refractivity contribution is 0.635. The molecule has 1 atom stereocenters. The third kappa shape index (κ3) is 4.83. The van der Waals surface area contributed by atoms with E-state index in [9.17, 15) is 0 Å². The third-order valence-corrected chi connectivity index (χ3v) is 4.32. The first kappa shape index (κ1) is 18.5. The van der Waals surface area contributed by atoms with Gasteiger partial charge in [-0.15, -0.1) is 0 Å². The molecule has 0 aliphatic heterocycles. The number of hydrogen-bond donors (Lipinski definition) is 2. The first-order valence-corrected chi connectivity index (χ1v) is 8.40. The molecule has 6 nitrogen and oxygen atoms in total. The molecule has 0 saturated heterocycles. The summed E-state index contributed by atoms with van der Waals surface area (Å²) in [6.45, 7) is 6.94. The molecule has 2 rings (SSSR count). The van der Waals surface area contributed by atoms with E-state index in [1.807, 2.05) is 42.9 Å². The predicted octanol–water partition coefficient (Wildman–Crippen LogP) is 2.20. The molecule has 0 aliphatic rings. The van der Waals surface area contributed by atoms with Gasteiger partial charge in [0.15, 0.2) is 5.96 Å². The smallest absolute Gasteiger partial charge is 0.191 e. The highest BCUT2D eigenvalue weighted by Gasteiger charge is 2.13. The lowest BCUT2D eigenvalue weighted by Gasteiger charge is -2.18. The number of nitrogens with one attached hydrogen (secondary N) is 2. The zero-order valence-electron chi connectivity index (χ0n) is 15.6. The van der Waals surface area contributed by atoms with Crippen LogP contribution in [-0.4, -0.2) is 28.8 Å². The Morgan fingerprint density at radius 3 is 2.52 bits per heavy atom. The number of benzene rings is 1. The van der Waals surface area contributed by atoms with Crippen molar-refractivity contribution in [1.82, 2.24) is 20.4 Å². The highest BCUT2D eigenvalue weighted by molar-refractivity contribution is 5.79. The average Bonchev–Trinajstić information content (AvgIpc) is 2.85. The molecule has 0 saturated carbocycles.